The number of nitrogens with one attached hydrogen (secondary N) is 1. The van der Waals surface area contributed by atoms with Crippen LogP contribution in [0.25, 0.3) is 0 Å². The molecule has 0 aliphatic rings. The maximum absolute atomic E-state index is 4.55. The van der Waals surface area contributed by atoms with Crippen molar-refractivity contribution in [1.82, 2.24) is 15.3 Å². The third-order valence-electron chi connectivity index (χ3n) is 3.42. The molecule has 0 amide bonds. The minimum atomic E-state index is 0.384. The number of pyridine rings is 2. The molecule has 0 saturated heterocycles. The van der Waals surface area contributed by atoms with Gasteiger partial charge in [-0.05, 0) is 36.7 Å². The van der Waals surface area contributed by atoms with Crippen molar-refractivity contribution < 1.29 is 0 Å². The molecule has 0 saturated carbocycles. The normalized spacial score (nSPS) is 12.3. The van der Waals surface area contributed by atoms with Gasteiger partial charge in [0.2, 0.25) is 0 Å². The van der Waals surface area contributed by atoms with Crippen LogP contribution in [0, 0.1) is 0 Å². The zero-order chi connectivity index (χ0) is 14.2. The van der Waals surface area contributed by atoms with Gasteiger partial charge in [-0.15, -0.1) is 0 Å². The van der Waals surface area contributed by atoms with E-state index < -0.39 is 0 Å². The number of aromatic nitrogens is 2. The Hall–Kier alpha value is -1.74. The van der Waals surface area contributed by atoms with E-state index in [1.807, 2.05) is 24.5 Å². The molecule has 0 aromatic carbocycles. The van der Waals surface area contributed by atoms with Crippen molar-refractivity contribution in [2.75, 3.05) is 6.54 Å². The highest BCUT2D eigenvalue weighted by Gasteiger charge is 2.11. The van der Waals surface area contributed by atoms with Crippen molar-refractivity contribution >= 4 is 0 Å². The van der Waals surface area contributed by atoms with Crippen LogP contribution in [0.5, 0.6) is 0 Å². The fraction of sp³-hybridized carbons (Fsp3) is 0.412. The molecule has 2 aromatic rings. The molecule has 0 fully saturated rings. The number of hydrogen-bond acceptors (Lipinski definition) is 3. The highest BCUT2D eigenvalue weighted by Crippen LogP contribution is 2.07. The smallest absolute Gasteiger partial charge is 0.0419 e. The van der Waals surface area contributed by atoms with Crippen LogP contribution < -0.4 is 5.32 Å². The summed E-state index contributed by atoms with van der Waals surface area (Å²) in [5, 5.41) is 3.53. The van der Waals surface area contributed by atoms with E-state index in [4.69, 9.17) is 0 Å². The van der Waals surface area contributed by atoms with Crippen LogP contribution in [-0.2, 0) is 19.3 Å². The number of likely N-dealkylation sites (N-methyl/N-ethyl adjacent to an activating group) is 1. The predicted octanol–water partition coefficient (Wildman–Crippen LogP) is 2.80. The van der Waals surface area contributed by atoms with Crippen molar-refractivity contribution in [3.05, 3.63) is 59.7 Å². The molecule has 2 rings (SSSR count). The highest BCUT2D eigenvalue weighted by molar-refractivity contribution is 5.15. The van der Waals surface area contributed by atoms with E-state index in [-0.39, 0.29) is 0 Å². The molecule has 2 aromatic heterocycles. The highest BCUT2D eigenvalue weighted by atomic mass is 14.9. The number of rotatable bonds is 7. The SMILES string of the molecule is CCNC(Cc1ccccn1)Cc1ccc(CC)cn1. The molecule has 3 nitrogen and oxygen atoms in total. The van der Waals surface area contributed by atoms with Gasteiger partial charge in [0.05, 0.1) is 0 Å². The molecule has 0 aliphatic carbocycles. The Morgan fingerprint density at radius 1 is 1.00 bits per heavy atom. The van der Waals surface area contributed by atoms with E-state index in [1.165, 1.54) is 5.56 Å². The second kappa shape index (κ2) is 7.75. The van der Waals surface area contributed by atoms with Gasteiger partial charge in [-0.2, -0.15) is 0 Å². The van der Waals surface area contributed by atoms with Gasteiger partial charge < -0.3 is 5.32 Å². The Balaban J connectivity index is 2.00. The number of nitrogens with zero attached hydrogens (tertiary/aromatic N) is 2. The van der Waals surface area contributed by atoms with E-state index in [1.54, 1.807) is 0 Å². The third-order valence-corrected chi connectivity index (χ3v) is 3.42. The summed E-state index contributed by atoms with van der Waals surface area (Å²) in [4.78, 5) is 8.96. The number of aryl methyl sites for hydroxylation is 1. The lowest BCUT2D eigenvalue weighted by Crippen LogP contribution is -2.33. The van der Waals surface area contributed by atoms with Crippen molar-refractivity contribution in [3.8, 4) is 0 Å². The molecule has 3 heteroatoms. The van der Waals surface area contributed by atoms with Crippen LogP contribution in [0.15, 0.2) is 42.7 Å². The van der Waals surface area contributed by atoms with Gasteiger partial charge >= 0.3 is 0 Å². The van der Waals surface area contributed by atoms with Crippen molar-refractivity contribution in [3.63, 3.8) is 0 Å². The van der Waals surface area contributed by atoms with Gasteiger partial charge in [-0.1, -0.05) is 26.0 Å². The second-order valence-electron chi connectivity index (χ2n) is 5.00. The van der Waals surface area contributed by atoms with E-state index in [9.17, 15) is 0 Å². The molecule has 0 bridgehead atoms. The molecule has 2 heterocycles. The molecule has 106 valence electrons. The Labute approximate surface area is 121 Å². The predicted molar refractivity (Wildman–Crippen MR) is 82.7 cm³/mol. The summed E-state index contributed by atoms with van der Waals surface area (Å²) in [5.41, 5.74) is 3.56. The first kappa shape index (κ1) is 14.7. The van der Waals surface area contributed by atoms with Gasteiger partial charge in [0, 0.05) is 42.7 Å². The molecule has 20 heavy (non-hydrogen) atoms. The molecule has 0 radical (unpaired) electrons. The number of hydrogen-bond donors (Lipinski definition) is 1. The Bertz CT molecular complexity index is 493. The van der Waals surface area contributed by atoms with Gasteiger partial charge in [-0.3, -0.25) is 9.97 Å². The van der Waals surface area contributed by atoms with Crippen LogP contribution in [0.1, 0.15) is 30.8 Å². The lowest BCUT2D eigenvalue weighted by molar-refractivity contribution is 0.511. The summed E-state index contributed by atoms with van der Waals surface area (Å²) < 4.78 is 0. The van der Waals surface area contributed by atoms with Gasteiger partial charge in [0.25, 0.3) is 0 Å². The average molecular weight is 269 g/mol. The molecule has 0 spiro atoms. The van der Waals surface area contributed by atoms with E-state index in [0.717, 1.165) is 37.2 Å². The monoisotopic (exact) mass is 269 g/mol. The van der Waals surface area contributed by atoms with E-state index in [0.29, 0.717) is 6.04 Å². The summed E-state index contributed by atoms with van der Waals surface area (Å²) in [6.45, 7) is 5.25. The van der Waals surface area contributed by atoms with Crippen LogP contribution in [0.2, 0.25) is 0 Å². The van der Waals surface area contributed by atoms with Crippen LogP contribution >= 0.6 is 0 Å². The fourth-order valence-electron chi connectivity index (χ4n) is 2.31. The first-order valence-electron chi connectivity index (χ1n) is 7.39. The van der Waals surface area contributed by atoms with Gasteiger partial charge in [0.1, 0.15) is 0 Å². The fourth-order valence-corrected chi connectivity index (χ4v) is 2.31. The summed E-state index contributed by atoms with van der Waals surface area (Å²) in [5.74, 6) is 0. The minimum absolute atomic E-state index is 0.384. The minimum Gasteiger partial charge on any atom is -0.313 e. The van der Waals surface area contributed by atoms with E-state index in [2.05, 4.69) is 47.3 Å². The maximum Gasteiger partial charge on any atom is 0.0419 e. The van der Waals surface area contributed by atoms with Crippen LogP contribution in [-0.4, -0.2) is 22.6 Å². The summed E-state index contributed by atoms with van der Waals surface area (Å²) in [6.07, 6.45) is 6.75. The Morgan fingerprint density at radius 2 is 1.80 bits per heavy atom. The Kier molecular flexibility index (Phi) is 5.69. The van der Waals surface area contributed by atoms with Crippen molar-refractivity contribution in [1.29, 1.82) is 0 Å². The zero-order valence-electron chi connectivity index (χ0n) is 12.3. The maximum atomic E-state index is 4.55. The van der Waals surface area contributed by atoms with Crippen LogP contribution in [0.4, 0.5) is 0 Å². The topological polar surface area (TPSA) is 37.8 Å². The average Bonchev–Trinajstić information content (AvgIpc) is 2.49. The molecular formula is C17H23N3. The van der Waals surface area contributed by atoms with Crippen LogP contribution in [0.3, 0.4) is 0 Å². The first-order chi connectivity index (χ1) is 9.81. The molecular weight excluding hydrogens is 246 g/mol. The zero-order valence-corrected chi connectivity index (χ0v) is 12.3. The summed E-state index contributed by atoms with van der Waals surface area (Å²) >= 11 is 0. The second-order valence-corrected chi connectivity index (χ2v) is 5.00. The lowest BCUT2D eigenvalue weighted by atomic mass is 10.0. The largest absolute Gasteiger partial charge is 0.313 e. The van der Waals surface area contributed by atoms with Gasteiger partial charge in [0.15, 0.2) is 0 Å². The molecule has 0 aliphatic heterocycles. The lowest BCUT2D eigenvalue weighted by Gasteiger charge is -2.17. The third kappa shape index (κ3) is 4.42. The Morgan fingerprint density at radius 3 is 2.35 bits per heavy atom. The van der Waals surface area contributed by atoms with Crippen molar-refractivity contribution in [2.24, 2.45) is 0 Å². The quantitative estimate of drug-likeness (QED) is 0.840. The van der Waals surface area contributed by atoms with Crippen molar-refractivity contribution in [2.45, 2.75) is 39.2 Å². The van der Waals surface area contributed by atoms with Gasteiger partial charge in [-0.25, -0.2) is 0 Å². The van der Waals surface area contributed by atoms with E-state index >= 15 is 0 Å². The molecule has 1 N–H and O–H groups in total. The molecule has 1 atom stereocenters. The standard InChI is InChI=1S/C17H23N3/c1-3-14-8-9-16(20-13-14)12-17(18-4-2)11-15-7-5-6-10-19-15/h5-10,13,17-18H,3-4,11-12H2,1-2H3. The molecule has 1 unspecified atom stereocenters. The summed E-state index contributed by atoms with van der Waals surface area (Å²) in [7, 11) is 0. The summed E-state index contributed by atoms with van der Waals surface area (Å²) in [6, 6.07) is 10.8. The first-order valence-corrected chi connectivity index (χ1v) is 7.39.